The Hall–Kier alpha value is -2.44. The van der Waals surface area contributed by atoms with E-state index >= 15 is 0 Å². The number of aliphatic hydroxyl groups excluding tert-OH is 1. The molecule has 0 radical (unpaired) electrons. The van der Waals surface area contributed by atoms with Crippen LogP contribution in [0.1, 0.15) is 11.3 Å². The molecule has 1 fully saturated rings. The predicted molar refractivity (Wildman–Crippen MR) is 98.7 cm³/mol. The normalized spacial score (nSPS) is 20.1. The molecular formula is C20H25N3O3. The average Bonchev–Trinajstić information content (AvgIpc) is 3.02. The number of nitrogens with one attached hydrogen (secondary N) is 1. The minimum absolute atomic E-state index is 0.0154. The first kappa shape index (κ1) is 18.4. The minimum Gasteiger partial charge on any atom is -0.484 e. The molecule has 2 heterocycles. The SMILES string of the molecule is Cc1cccc(OCC(=O)N[C@@H]2CN(Cc3ccccn3)C[C@H]2CO)c1. The lowest BCUT2D eigenvalue weighted by Gasteiger charge is -2.18. The summed E-state index contributed by atoms with van der Waals surface area (Å²) in [4.78, 5) is 18.8. The van der Waals surface area contributed by atoms with Crippen LogP contribution in [0.15, 0.2) is 48.7 Å². The number of likely N-dealkylation sites (tertiary alicyclic amines) is 1. The average molecular weight is 355 g/mol. The number of hydrogen-bond donors (Lipinski definition) is 2. The molecule has 1 amide bonds. The van der Waals surface area contributed by atoms with E-state index in [1.165, 1.54) is 0 Å². The Bertz CT molecular complexity index is 723. The first-order chi connectivity index (χ1) is 12.6. The number of aliphatic hydroxyl groups is 1. The number of benzene rings is 1. The summed E-state index contributed by atoms with van der Waals surface area (Å²) in [5, 5.41) is 12.6. The third-order valence-electron chi connectivity index (χ3n) is 4.57. The molecule has 2 atom stereocenters. The second-order valence-corrected chi connectivity index (χ2v) is 6.74. The fraction of sp³-hybridized carbons (Fsp3) is 0.400. The molecule has 6 heteroatoms. The Morgan fingerprint density at radius 2 is 2.19 bits per heavy atom. The van der Waals surface area contributed by atoms with Gasteiger partial charge in [0.15, 0.2) is 6.61 Å². The van der Waals surface area contributed by atoms with Crippen LogP contribution in [0.5, 0.6) is 5.75 Å². The molecule has 26 heavy (non-hydrogen) atoms. The minimum atomic E-state index is -0.172. The monoisotopic (exact) mass is 355 g/mol. The van der Waals surface area contributed by atoms with Crippen molar-refractivity contribution >= 4 is 5.91 Å². The summed E-state index contributed by atoms with van der Waals surface area (Å²) in [7, 11) is 0. The lowest BCUT2D eigenvalue weighted by atomic mass is 10.1. The van der Waals surface area contributed by atoms with E-state index in [1.807, 2.05) is 49.4 Å². The van der Waals surface area contributed by atoms with E-state index in [2.05, 4.69) is 15.2 Å². The Labute approximate surface area is 153 Å². The van der Waals surface area contributed by atoms with E-state index in [0.717, 1.165) is 17.8 Å². The van der Waals surface area contributed by atoms with E-state index in [9.17, 15) is 9.90 Å². The van der Waals surface area contributed by atoms with Crippen molar-refractivity contribution < 1.29 is 14.6 Å². The molecule has 1 aliphatic rings. The highest BCUT2D eigenvalue weighted by Crippen LogP contribution is 2.19. The highest BCUT2D eigenvalue weighted by molar-refractivity contribution is 5.78. The molecule has 2 aromatic rings. The second-order valence-electron chi connectivity index (χ2n) is 6.74. The smallest absolute Gasteiger partial charge is 0.258 e. The molecule has 138 valence electrons. The van der Waals surface area contributed by atoms with E-state index in [0.29, 0.717) is 18.8 Å². The van der Waals surface area contributed by atoms with Crippen LogP contribution in [-0.4, -0.2) is 53.2 Å². The standard InChI is InChI=1S/C20H25N3O3/c1-15-5-4-7-18(9-15)26-14-20(25)22-19-12-23(10-16(19)13-24)11-17-6-2-3-8-21-17/h2-9,16,19,24H,10-14H2,1H3,(H,22,25)/t16-,19+/m0/s1. The van der Waals surface area contributed by atoms with Gasteiger partial charge in [-0.05, 0) is 36.8 Å². The van der Waals surface area contributed by atoms with Gasteiger partial charge in [0.2, 0.25) is 0 Å². The number of aryl methyl sites for hydroxylation is 1. The molecule has 0 spiro atoms. The van der Waals surface area contributed by atoms with Gasteiger partial charge in [-0.25, -0.2) is 0 Å². The third kappa shape index (κ3) is 5.03. The van der Waals surface area contributed by atoms with Gasteiger partial charge in [0, 0.05) is 44.4 Å². The number of hydrogen-bond acceptors (Lipinski definition) is 5. The molecule has 1 saturated heterocycles. The molecule has 1 aromatic heterocycles. The summed E-state index contributed by atoms with van der Waals surface area (Å²) in [5.74, 6) is 0.526. The van der Waals surface area contributed by atoms with E-state index in [4.69, 9.17) is 4.74 Å². The maximum Gasteiger partial charge on any atom is 0.258 e. The second kappa shape index (κ2) is 8.78. The topological polar surface area (TPSA) is 74.7 Å². The van der Waals surface area contributed by atoms with E-state index in [1.54, 1.807) is 6.20 Å². The van der Waals surface area contributed by atoms with Gasteiger partial charge >= 0.3 is 0 Å². The lowest BCUT2D eigenvalue weighted by Crippen LogP contribution is -2.43. The molecule has 6 nitrogen and oxygen atoms in total. The lowest BCUT2D eigenvalue weighted by molar-refractivity contribution is -0.124. The Morgan fingerprint density at radius 3 is 2.92 bits per heavy atom. The number of ether oxygens (including phenoxy) is 1. The quantitative estimate of drug-likeness (QED) is 0.785. The molecule has 0 aliphatic carbocycles. The number of aromatic nitrogens is 1. The number of carbonyl (C=O) groups excluding carboxylic acids is 1. The van der Waals surface area contributed by atoms with Crippen LogP contribution >= 0.6 is 0 Å². The van der Waals surface area contributed by atoms with Gasteiger partial charge in [-0.15, -0.1) is 0 Å². The highest BCUT2D eigenvalue weighted by Gasteiger charge is 2.33. The largest absolute Gasteiger partial charge is 0.484 e. The molecule has 0 bridgehead atoms. The van der Waals surface area contributed by atoms with Crippen molar-refractivity contribution in [1.82, 2.24) is 15.2 Å². The van der Waals surface area contributed by atoms with Crippen LogP contribution in [0.2, 0.25) is 0 Å². The van der Waals surface area contributed by atoms with E-state index < -0.39 is 0 Å². The van der Waals surface area contributed by atoms with Gasteiger partial charge in [-0.2, -0.15) is 0 Å². The van der Waals surface area contributed by atoms with Gasteiger partial charge < -0.3 is 15.2 Å². The Kier molecular flexibility index (Phi) is 6.20. The van der Waals surface area contributed by atoms with Crippen molar-refractivity contribution in [3.63, 3.8) is 0 Å². The maximum atomic E-state index is 12.2. The van der Waals surface area contributed by atoms with Gasteiger partial charge in [-0.1, -0.05) is 18.2 Å². The summed E-state index contributed by atoms with van der Waals surface area (Å²) in [6, 6.07) is 13.4. The predicted octanol–water partition coefficient (Wildman–Crippen LogP) is 1.38. The van der Waals surface area contributed by atoms with Crippen molar-refractivity contribution in [2.45, 2.75) is 19.5 Å². The summed E-state index contributed by atoms with van der Waals surface area (Å²) >= 11 is 0. The van der Waals surface area contributed by atoms with Gasteiger partial charge in [0.1, 0.15) is 5.75 Å². The van der Waals surface area contributed by atoms with E-state index in [-0.39, 0.29) is 31.1 Å². The Morgan fingerprint density at radius 1 is 1.31 bits per heavy atom. The molecule has 1 aliphatic heterocycles. The number of nitrogens with zero attached hydrogens (tertiary/aromatic N) is 2. The van der Waals surface area contributed by atoms with Crippen molar-refractivity contribution in [2.75, 3.05) is 26.3 Å². The molecule has 0 unspecified atom stereocenters. The fourth-order valence-electron chi connectivity index (χ4n) is 3.26. The number of rotatable bonds is 7. The fourth-order valence-corrected chi connectivity index (χ4v) is 3.26. The van der Waals surface area contributed by atoms with Crippen molar-refractivity contribution in [1.29, 1.82) is 0 Å². The van der Waals surface area contributed by atoms with Crippen LogP contribution < -0.4 is 10.1 Å². The first-order valence-electron chi connectivity index (χ1n) is 8.86. The van der Waals surface area contributed by atoms with Crippen LogP contribution in [-0.2, 0) is 11.3 Å². The van der Waals surface area contributed by atoms with Crippen LogP contribution in [0.25, 0.3) is 0 Å². The molecule has 0 saturated carbocycles. The zero-order chi connectivity index (χ0) is 18.4. The zero-order valence-corrected chi connectivity index (χ0v) is 15.0. The maximum absolute atomic E-state index is 12.2. The molecule has 1 aromatic carbocycles. The molecular weight excluding hydrogens is 330 g/mol. The zero-order valence-electron chi connectivity index (χ0n) is 15.0. The summed E-state index contributed by atoms with van der Waals surface area (Å²) < 4.78 is 5.55. The number of carbonyl (C=O) groups is 1. The van der Waals surface area contributed by atoms with Crippen molar-refractivity contribution in [2.24, 2.45) is 5.92 Å². The van der Waals surface area contributed by atoms with Crippen LogP contribution in [0.4, 0.5) is 0 Å². The van der Waals surface area contributed by atoms with Gasteiger partial charge in [0.25, 0.3) is 5.91 Å². The van der Waals surface area contributed by atoms with Gasteiger partial charge in [0.05, 0.1) is 5.69 Å². The summed E-state index contributed by atoms with van der Waals surface area (Å²) in [5.41, 5.74) is 2.07. The Balaban J connectivity index is 1.50. The number of pyridine rings is 1. The van der Waals surface area contributed by atoms with Crippen molar-refractivity contribution in [3.8, 4) is 5.75 Å². The number of amides is 1. The first-order valence-corrected chi connectivity index (χ1v) is 8.86. The van der Waals surface area contributed by atoms with Crippen molar-refractivity contribution in [3.05, 3.63) is 59.9 Å². The molecule has 3 rings (SSSR count). The summed E-state index contributed by atoms with van der Waals surface area (Å²) in [6.07, 6.45) is 1.77. The van der Waals surface area contributed by atoms with Crippen LogP contribution in [0, 0.1) is 12.8 Å². The highest BCUT2D eigenvalue weighted by atomic mass is 16.5. The molecule has 2 N–H and O–H groups in total. The summed E-state index contributed by atoms with van der Waals surface area (Å²) in [6.45, 7) is 4.13. The van der Waals surface area contributed by atoms with Gasteiger partial charge in [-0.3, -0.25) is 14.7 Å². The van der Waals surface area contributed by atoms with Crippen LogP contribution in [0.3, 0.4) is 0 Å². The third-order valence-corrected chi connectivity index (χ3v) is 4.57.